The largest absolute Gasteiger partial charge is 0.462 e. The van der Waals surface area contributed by atoms with Crippen LogP contribution in [0.4, 0.5) is 0 Å². The third-order valence-electron chi connectivity index (χ3n) is 3.01. The zero-order valence-corrected chi connectivity index (χ0v) is 16.3. The fourth-order valence-electron chi connectivity index (χ4n) is 1.92. The lowest BCUT2D eigenvalue weighted by atomic mass is 10.2. The maximum atomic E-state index is 12.0. The Morgan fingerprint density at radius 1 is 0.760 bits per heavy atom. The minimum atomic E-state index is -0.330. The Morgan fingerprint density at radius 2 is 1.16 bits per heavy atom. The van der Waals surface area contributed by atoms with E-state index in [2.05, 4.69) is 0 Å². The molecule has 0 bridgehead atoms. The molecule has 0 aromatic heterocycles. The van der Waals surface area contributed by atoms with Crippen LogP contribution in [0.2, 0.25) is 0 Å². The van der Waals surface area contributed by atoms with E-state index in [1.165, 1.54) is 31.4 Å². The first-order valence-electron chi connectivity index (χ1n) is 7.70. The van der Waals surface area contributed by atoms with E-state index >= 15 is 0 Å². The van der Waals surface area contributed by atoms with E-state index in [1.54, 1.807) is 26.0 Å². The molecule has 25 heavy (non-hydrogen) atoms. The van der Waals surface area contributed by atoms with Crippen molar-refractivity contribution in [1.82, 2.24) is 0 Å². The lowest BCUT2D eigenvalue weighted by Crippen LogP contribution is -2.05. The van der Waals surface area contributed by atoms with Crippen LogP contribution in [0.3, 0.4) is 0 Å². The first-order chi connectivity index (χ1) is 12.2. The molecular formula is C18H18O4S3. The highest BCUT2D eigenvalue weighted by Gasteiger charge is 2.15. The first kappa shape index (κ1) is 19.8. The van der Waals surface area contributed by atoms with Crippen LogP contribution in [0.15, 0.2) is 58.3 Å². The van der Waals surface area contributed by atoms with Crippen LogP contribution < -0.4 is 0 Å². The summed E-state index contributed by atoms with van der Waals surface area (Å²) in [6, 6.07) is 14.6. The maximum absolute atomic E-state index is 12.0. The van der Waals surface area contributed by atoms with Gasteiger partial charge in [0, 0.05) is 9.79 Å². The van der Waals surface area contributed by atoms with E-state index in [0.29, 0.717) is 24.3 Å². The Labute approximate surface area is 158 Å². The predicted octanol–water partition coefficient (Wildman–Crippen LogP) is 5.49. The van der Waals surface area contributed by atoms with Crippen molar-refractivity contribution in [2.45, 2.75) is 23.6 Å². The Kier molecular flexibility index (Phi) is 8.24. The van der Waals surface area contributed by atoms with Gasteiger partial charge in [-0.15, -0.1) is 0 Å². The van der Waals surface area contributed by atoms with Crippen molar-refractivity contribution in [2.75, 3.05) is 13.2 Å². The van der Waals surface area contributed by atoms with Gasteiger partial charge in [-0.25, -0.2) is 9.59 Å². The van der Waals surface area contributed by atoms with Crippen LogP contribution >= 0.6 is 31.4 Å². The van der Waals surface area contributed by atoms with Gasteiger partial charge in [-0.3, -0.25) is 0 Å². The summed E-state index contributed by atoms with van der Waals surface area (Å²) in [4.78, 5) is 25.7. The highest BCUT2D eigenvalue weighted by atomic mass is 33.5. The molecule has 132 valence electrons. The molecule has 0 N–H and O–H groups in total. The number of hydrogen-bond acceptors (Lipinski definition) is 7. The molecule has 0 aliphatic heterocycles. The van der Waals surface area contributed by atoms with E-state index in [4.69, 9.17) is 9.47 Å². The fraction of sp³-hybridized carbons (Fsp3) is 0.222. The Morgan fingerprint density at radius 3 is 1.56 bits per heavy atom. The van der Waals surface area contributed by atoms with Crippen molar-refractivity contribution in [3.8, 4) is 0 Å². The number of rotatable bonds is 8. The van der Waals surface area contributed by atoms with Crippen molar-refractivity contribution in [2.24, 2.45) is 0 Å². The molecule has 0 aliphatic rings. The number of benzene rings is 2. The number of ether oxygens (including phenoxy) is 2. The lowest BCUT2D eigenvalue weighted by molar-refractivity contribution is 0.0513. The summed E-state index contributed by atoms with van der Waals surface area (Å²) in [5.74, 6) is -0.661. The zero-order valence-electron chi connectivity index (χ0n) is 13.9. The molecule has 2 aromatic carbocycles. The molecular weight excluding hydrogens is 376 g/mol. The highest BCUT2D eigenvalue weighted by molar-refractivity contribution is 9.09. The standard InChI is InChI=1S/C18H18O4S3/c1-3-21-17(19)13-9-5-7-11-15(13)23-25-24-16-12-8-6-10-14(16)18(20)22-4-2/h5-12H,3-4H2,1-2H3. The van der Waals surface area contributed by atoms with Crippen LogP contribution in [0.5, 0.6) is 0 Å². The third kappa shape index (κ3) is 5.73. The summed E-state index contributed by atoms with van der Waals surface area (Å²) in [6.07, 6.45) is 0. The van der Waals surface area contributed by atoms with Gasteiger partial charge in [-0.2, -0.15) is 0 Å². The van der Waals surface area contributed by atoms with E-state index in [9.17, 15) is 9.59 Å². The van der Waals surface area contributed by atoms with E-state index < -0.39 is 0 Å². The molecule has 0 fully saturated rings. The molecule has 7 heteroatoms. The van der Waals surface area contributed by atoms with E-state index in [0.717, 1.165) is 9.79 Å². The minimum absolute atomic E-state index is 0.330. The van der Waals surface area contributed by atoms with Gasteiger partial charge in [0.1, 0.15) is 0 Å². The lowest BCUT2D eigenvalue weighted by Gasteiger charge is -2.09. The van der Waals surface area contributed by atoms with Gasteiger partial charge in [0.2, 0.25) is 0 Å². The average Bonchev–Trinajstić information content (AvgIpc) is 2.63. The summed E-state index contributed by atoms with van der Waals surface area (Å²) < 4.78 is 10.2. The molecule has 0 spiro atoms. The predicted molar refractivity (Wildman–Crippen MR) is 104 cm³/mol. The monoisotopic (exact) mass is 394 g/mol. The van der Waals surface area contributed by atoms with Crippen LogP contribution in [-0.2, 0) is 9.47 Å². The van der Waals surface area contributed by atoms with Gasteiger partial charge in [-0.05, 0) is 69.5 Å². The smallest absolute Gasteiger partial charge is 0.339 e. The molecule has 4 nitrogen and oxygen atoms in total. The summed E-state index contributed by atoms with van der Waals surface area (Å²) in [7, 11) is 4.39. The molecule has 0 aliphatic carbocycles. The van der Waals surface area contributed by atoms with E-state index in [1.807, 2.05) is 36.4 Å². The Balaban J connectivity index is 2.05. The van der Waals surface area contributed by atoms with Gasteiger partial charge in [0.05, 0.1) is 24.3 Å². The highest BCUT2D eigenvalue weighted by Crippen LogP contribution is 2.46. The van der Waals surface area contributed by atoms with Gasteiger partial charge in [0.25, 0.3) is 0 Å². The Hall–Kier alpha value is -1.57. The average molecular weight is 395 g/mol. The summed E-state index contributed by atoms with van der Waals surface area (Å²) in [6.45, 7) is 4.24. The molecule has 0 atom stereocenters. The normalized spacial score (nSPS) is 10.3. The quantitative estimate of drug-likeness (QED) is 0.433. The van der Waals surface area contributed by atoms with Crippen LogP contribution in [0, 0.1) is 0 Å². The van der Waals surface area contributed by atoms with Gasteiger partial charge < -0.3 is 9.47 Å². The van der Waals surface area contributed by atoms with Crippen LogP contribution in [0.1, 0.15) is 34.6 Å². The molecule has 0 radical (unpaired) electrons. The Bertz CT molecular complexity index is 672. The summed E-state index contributed by atoms with van der Waals surface area (Å²) in [5, 5.41) is 0. The second-order valence-electron chi connectivity index (χ2n) is 4.67. The van der Waals surface area contributed by atoms with Gasteiger partial charge in [0.15, 0.2) is 0 Å². The molecule has 0 saturated carbocycles. The van der Waals surface area contributed by atoms with E-state index in [-0.39, 0.29) is 11.9 Å². The number of carbonyl (C=O) groups is 2. The summed E-state index contributed by atoms with van der Waals surface area (Å²) >= 11 is 0. The van der Waals surface area contributed by atoms with Gasteiger partial charge in [-0.1, -0.05) is 24.3 Å². The second-order valence-corrected chi connectivity index (χ2v) is 8.65. The molecule has 2 rings (SSSR count). The van der Waals surface area contributed by atoms with Gasteiger partial charge >= 0.3 is 11.9 Å². The molecule has 0 unspecified atom stereocenters. The molecule has 0 heterocycles. The third-order valence-corrected chi connectivity index (χ3v) is 6.93. The second kappa shape index (κ2) is 10.4. The van der Waals surface area contributed by atoms with Crippen LogP contribution in [0.25, 0.3) is 0 Å². The van der Waals surface area contributed by atoms with Crippen molar-refractivity contribution >= 4 is 43.4 Å². The number of esters is 2. The van der Waals surface area contributed by atoms with Crippen LogP contribution in [-0.4, -0.2) is 25.2 Å². The van der Waals surface area contributed by atoms with Crippen molar-refractivity contribution in [3.63, 3.8) is 0 Å². The maximum Gasteiger partial charge on any atom is 0.339 e. The SMILES string of the molecule is CCOC(=O)c1ccccc1SSSc1ccccc1C(=O)OCC. The molecule has 0 saturated heterocycles. The first-order valence-corrected chi connectivity index (χ1v) is 11.2. The molecule has 0 amide bonds. The van der Waals surface area contributed by atoms with Crippen molar-refractivity contribution in [3.05, 3.63) is 59.7 Å². The number of hydrogen-bond donors (Lipinski definition) is 0. The number of carbonyl (C=O) groups excluding carboxylic acids is 2. The molecule has 2 aromatic rings. The topological polar surface area (TPSA) is 52.6 Å². The fourth-order valence-corrected chi connectivity index (χ4v) is 5.89. The minimum Gasteiger partial charge on any atom is -0.462 e. The summed E-state index contributed by atoms with van der Waals surface area (Å²) in [5.41, 5.74) is 1.09. The zero-order chi connectivity index (χ0) is 18.1. The van der Waals surface area contributed by atoms with Crippen molar-refractivity contribution < 1.29 is 19.1 Å². The van der Waals surface area contributed by atoms with Crippen molar-refractivity contribution in [1.29, 1.82) is 0 Å².